The molecule has 1 amide bonds. The van der Waals surface area contributed by atoms with Gasteiger partial charge >= 0.3 is 0 Å². The van der Waals surface area contributed by atoms with Gasteiger partial charge in [-0.15, -0.1) is 0 Å². The lowest BCUT2D eigenvalue weighted by molar-refractivity contribution is -0.146. The highest BCUT2D eigenvalue weighted by Crippen LogP contribution is 2.35. The van der Waals surface area contributed by atoms with Gasteiger partial charge in [0.1, 0.15) is 17.3 Å². The largest absolute Gasteiger partial charge is 0.332 e. The number of unbranched alkanes of at least 4 members (excludes halogenated alkanes) is 1. The molecule has 2 rings (SSSR count). The molecular formula is C40H59NO7. The number of amides is 1. The van der Waals surface area contributed by atoms with Crippen LogP contribution in [-0.2, 0) is 33.6 Å². The molecule has 0 aromatic heterocycles. The maximum Gasteiger partial charge on any atom is 0.227 e. The van der Waals surface area contributed by atoms with E-state index in [2.05, 4.69) is 0 Å². The Bertz CT molecular complexity index is 1290. The second-order valence-corrected chi connectivity index (χ2v) is 15.5. The third-order valence-corrected chi connectivity index (χ3v) is 9.50. The van der Waals surface area contributed by atoms with Gasteiger partial charge in [0.05, 0.1) is 6.04 Å². The van der Waals surface area contributed by atoms with E-state index >= 15 is 0 Å². The Balaban J connectivity index is 2.12. The molecule has 0 N–H and O–H groups in total. The zero-order valence-corrected chi connectivity index (χ0v) is 30.6. The highest BCUT2D eigenvalue weighted by molar-refractivity contribution is 6.38. The van der Waals surface area contributed by atoms with Gasteiger partial charge in [-0.3, -0.25) is 33.6 Å². The van der Waals surface area contributed by atoms with E-state index < -0.39 is 40.8 Å². The lowest BCUT2D eigenvalue weighted by Gasteiger charge is -2.35. The molecule has 0 aliphatic carbocycles. The minimum Gasteiger partial charge on any atom is -0.332 e. The third kappa shape index (κ3) is 12.3. The zero-order chi connectivity index (χ0) is 36.2. The van der Waals surface area contributed by atoms with Crippen molar-refractivity contribution in [3.8, 4) is 0 Å². The molecule has 0 saturated carbocycles. The van der Waals surface area contributed by atoms with Crippen LogP contribution in [-0.4, -0.2) is 58.1 Å². The fourth-order valence-corrected chi connectivity index (χ4v) is 6.65. The van der Waals surface area contributed by atoms with E-state index in [1.807, 2.05) is 71.9 Å². The number of carbonyl (C=O) groups is 7. The summed E-state index contributed by atoms with van der Waals surface area (Å²) in [5.41, 5.74) is 0.271. The Kier molecular flexibility index (Phi) is 16.2. The maximum atomic E-state index is 13.9. The summed E-state index contributed by atoms with van der Waals surface area (Å²) in [7, 11) is 0. The summed E-state index contributed by atoms with van der Waals surface area (Å²) < 4.78 is 0. The van der Waals surface area contributed by atoms with Crippen LogP contribution in [0.25, 0.3) is 0 Å². The van der Waals surface area contributed by atoms with Crippen molar-refractivity contribution < 1.29 is 33.6 Å². The molecule has 0 radical (unpaired) electrons. The molecular weight excluding hydrogens is 606 g/mol. The molecule has 1 heterocycles. The van der Waals surface area contributed by atoms with Crippen molar-refractivity contribution in [3.63, 3.8) is 0 Å². The van der Waals surface area contributed by atoms with E-state index in [1.165, 1.54) is 0 Å². The van der Waals surface area contributed by atoms with Gasteiger partial charge in [0.15, 0.2) is 11.6 Å². The number of hydrogen-bond acceptors (Lipinski definition) is 7. The highest BCUT2D eigenvalue weighted by Gasteiger charge is 2.42. The average Bonchev–Trinajstić information content (AvgIpc) is 3.52. The van der Waals surface area contributed by atoms with Gasteiger partial charge in [-0.25, -0.2) is 0 Å². The Hall–Kier alpha value is -3.29. The number of Topliss-reactive ketones (excluding diaryl/α,β-unsaturated/α-hetero) is 6. The predicted octanol–water partition coefficient (Wildman–Crippen LogP) is 7.30. The molecule has 1 aromatic rings. The highest BCUT2D eigenvalue weighted by atomic mass is 16.2. The number of rotatable bonds is 21. The van der Waals surface area contributed by atoms with E-state index in [0.29, 0.717) is 38.6 Å². The Labute approximate surface area is 288 Å². The first-order valence-electron chi connectivity index (χ1n) is 18.0. The van der Waals surface area contributed by atoms with Crippen LogP contribution < -0.4 is 0 Å². The van der Waals surface area contributed by atoms with Gasteiger partial charge in [0, 0.05) is 68.7 Å². The number of benzene rings is 1. The normalized spacial score (nSPS) is 16.9. The lowest BCUT2D eigenvalue weighted by atomic mass is 9.76. The standard InChI is InChI=1S/C40H59NO7/c1-9-10-15-29(38(47)35(44)20-19-30(42)24-32(37(46)27(4)5)28-16-12-11-13-17-28)23-36(45)34-18-14-21-41(34)39(48)33(40(6,7)8)25-31(43)22-26(2)3/h11-13,16-17,26-27,29,32-34H,9-10,14-15,18-25H2,1-8H3/t29?,32-,33+,34-/m0/s1. The molecule has 0 spiro atoms. The molecule has 1 saturated heterocycles. The first-order valence-corrected chi connectivity index (χ1v) is 18.0. The predicted molar refractivity (Wildman–Crippen MR) is 187 cm³/mol. The van der Waals surface area contributed by atoms with Gasteiger partial charge in [-0.05, 0) is 36.2 Å². The van der Waals surface area contributed by atoms with Crippen LogP contribution in [0.4, 0.5) is 0 Å². The number of carbonyl (C=O) groups excluding carboxylic acids is 7. The van der Waals surface area contributed by atoms with Crippen molar-refractivity contribution in [1.82, 2.24) is 4.90 Å². The molecule has 1 aromatic carbocycles. The van der Waals surface area contributed by atoms with E-state index in [1.54, 1.807) is 18.7 Å². The molecule has 8 nitrogen and oxygen atoms in total. The van der Waals surface area contributed by atoms with Gasteiger partial charge in [-0.1, -0.05) is 98.6 Å². The Morgan fingerprint density at radius 1 is 0.833 bits per heavy atom. The van der Waals surface area contributed by atoms with Crippen molar-refractivity contribution in [2.24, 2.45) is 29.1 Å². The van der Waals surface area contributed by atoms with Crippen LogP contribution in [0.15, 0.2) is 30.3 Å². The molecule has 266 valence electrons. The van der Waals surface area contributed by atoms with Gasteiger partial charge in [-0.2, -0.15) is 0 Å². The SMILES string of the molecule is CCCCC(CC(=O)[C@@H]1CCCN1C(=O)[C@@H](CC(=O)CC(C)C)C(C)(C)C)C(=O)C(=O)CCC(=O)C[C@H](C(=O)C(C)C)c1ccccc1. The van der Waals surface area contributed by atoms with E-state index in [0.717, 1.165) is 12.0 Å². The molecule has 1 fully saturated rings. The van der Waals surface area contributed by atoms with Crippen molar-refractivity contribution in [2.75, 3.05) is 6.54 Å². The number of ketones is 6. The van der Waals surface area contributed by atoms with E-state index in [9.17, 15) is 33.6 Å². The molecule has 1 aliphatic rings. The summed E-state index contributed by atoms with van der Waals surface area (Å²) in [5.74, 6) is -4.11. The molecule has 4 atom stereocenters. The maximum absolute atomic E-state index is 13.9. The number of hydrogen-bond donors (Lipinski definition) is 0. The van der Waals surface area contributed by atoms with Crippen molar-refractivity contribution in [2.45, 2.75) is 138 Å². The van der Waals surface area contributed by atoms with Gasteiger partial charge in [0.25, 0.3) is 0 Å². The lowest BCUT2D eigenvalue weighted by Crippen LogP contribution is -2.47. The molecule has 0 bridgehead atoms. The van der Waals surface area contributed by atoms with Crippen molar-refractivity contribution >= 4 is 40.6 Å². The first kappa shape index (κ1) is 40.9. The smallest absolute Gasteiger partial charge is 0.227 e. The van der Waals surface area contributed by atoms with E-state index in [-0.39, 0.29) is 73.0 Å². The zero-order valence-electron chi connectivity index (χ0n) is 30.6. The van der Waals surface area contributed by atoms with Gasteiger partial charge in [0.2, 0.25) is 11.7 Å². The fraction of sp³-hybridized carbons (Fsp3) is 0.675. The Morgan fingerprint density at radius 2 is 1.48 bits per heavy atom. The van der Waals surface area contributed by atoms with E-state index in [4.69, 9.17) is 0 Å². The van der Waals surface area contributed by atoms with Crippen LogP contribution in [0.1, 0.15) is 138 Å². The molecule has 8 heteroatoms. The van der Waals surface area contributed by atoms with Crippen molar-refractivity contribution in [3.05, 3.63) is 35.9 Å². The second kappa shape index (κ2) is 19.0. The second-order valence-electron chi connectivity index (χ2n) is 15.5. The molecule has 1 aliphatic heterocycles. The van der Waals surface area contributed by atoms with Crippen LogP contribution in [0, 0.1) is 29.1 Å². The minimum absolute atomic E-state index is 0.0321. The van der Waals surface area contributed by atoms with Crippen LogP contribution in [0.3, 0.4) is 0 Å². The number of nitrogens with zero attached hydrogens (tertiary/aromatic N) is 1. The van der Waals surface area contributed by atoms with Crippen LogP contribution in [0.2, 0.25) is 0 Å². The average molecular weight is 666 g/mol. The Morgan fingerprint density at radius 3 is 2.04 bits per heavy atom. The summed E-state index contributed by atoms with van der Waals surface area (Å²) in [6.07, 6.45) is 2.86. The van der Waals surface area contributed by atoms with Crippen LogP contribution >= 0.6 is 0 Å². The third-order valence-electron chi connectivity index (χ3n) is 9.50. The monoisotopic (exact) mass is 665 g/mol. The summed E-state index contributed by atoms with van der Waals surface area (Å²) in [6, 6.07) is 8.42. The minimum atomic E-state index is -0.816. The topological polar surface area (TPSA) is 123 Å². The molecule has 48 heavy (non-hydrogen) atoms. The first-order chi connectivity index (χ1) is 22.5. The summed E-state index contributed by atoms with van der Waals surface area (Å²) >= 11 is 0. The quantitative estimate of drug-likeness (QED) is 0.126. The van der Waals surface area contributed by atoms with Gasteiger partial charge < -0.3 is 4.90 Å². The fourth-order valence-electron chi connectivity index (χ4n) is 6.65. The molecule has 1 unspecified atom stereocenters. The summed E-state index contributed by atoms with van der Waals surface area (Å²) in [4.78, 5) is 94.4. The van der Waals surface area contributed by atoms with Crippen molar-refractivity contribution in [1.29, 1.82) is 0 Å². The summed E-state index contributed by atoms with van der Waals surface area (Å²) in [5, 5.41) is 0. The summed E-state index contributed by atoms with van der Waals surface area (Å²) in [6.45, 7) is 15.7. The van der Waals surface area contributed by atoms with Crippen LogP contribution in [0.5, 0.6) is 0 Å². The number of likely N-dealkylation sites (tertiary alicyclic amines) is 1.